The van der Waals surface area contributed by atoms with Crippen LogP contribution in [-0.2, 0) is 33.8 Å². The fourth-order valence-corrected chi connectivity index (χ4v) is 4.56. The lowest BCUT2D eigenvalue weighted by Crippen LogP contribution is -2.20. The maximum absolute atomic E-state index is 13.0. The number of rotatable bonds is 13. The van der Waals surface area contributed by atoms with E-state index in [1.54, 1.807) is 20.4 Å². The normalized spacial score (nSPS) is 10.8. The highest BCUT2D eigenvalue weighted by Crippen LogP contribution is 2.33. The molecule has 0 saturated carbocycles. The van der Waals surface area contributed by atoms with E-state index < -0.39 is 5.97 Å². The number of esters is 1. The van der Waals surface area contributed by atoms with Crippen molar-refractivity contribution in [2.24, 2.45) is 0 Å². The average molecular weight is 547 g/mol. The number of methoxy groups -OCH3 is 4. The monoisotopic (exact) mass is 546 g/mol. The molecule has 4 rings (SSSR count). The lowest BCUT2D eigenvalue weighted by Gasteiger charge is -2.11. The van der Waals surface area contributed by atoms with Crippen molar-refractivity contribution in [2.45, 2.75) is 25.9 Å². The van der Waals surface area contributed by atoms with Crippen molar-refractivity contribution in [3.05, 3.63) is 77.6 Å². The zero-order chi connectivity index (χ0) is 28.5. The van der Waals surface area contributed by atoms with E-state index in [1.807, 2.05) is 47.0 Å². The zero-order valence-corrected chi connectivity index (χ0v) is 23.2. The Morgan fingerprint density at radius 2 is 1.70 bits per heavy atom. The molecule has 0 fully saturated rings. The number of hydrogen-bond donors (Lipinski definition) is 2. The largest absolute Gasteiger partial charge is 0.493 e. The van der Waals surface area contributed by atoms with Crippen LogP contribution in [0.4, 0.5) is 11.4 Å². The summed E-state index contributed by atoms with van der Waals surface area (Å²) in [4.78, 5) is 30.3. The third-order valence-corrected chi connectivity index (χ3v) is 6.45. The first kappa shape index (κ1) is 28.4. The number of carbonyl (C=O) groups excluding carboxylic acids is 2. The van der Waals surface area contributed by atoms with E-state index in [0.717, 1.165) is 18.4 Å². The van der Waals surface area contributed by atoms with Crippen LogP contribution in [0, 0.1) is 0 Å². The summed E-state index contributed by atoms with van der Waals surface area (Å²) in [7, 11) is 5.94. The summed E-state index contributed by atoms with van der Waals surface area (Å²) < 4.78 is 22.7. The fraction of sp³-hybridized carbons (Fsp3) is 0.300. The van der Waals surface area contributed by atoms with Gasteiger partial charge in [0.05, 0.1) is 38.9 Å². The molecule has 2 heterocycles. The Hall–Kier alpha value is -4.57. The zero-order valence-electron chi connectivity index (χ0n) is 23.2. The number of hydrogen-bond acceptors (Lipinski definition) is 8. The van der Waals surface area contributed by atoms with Gasteiger partial charge in [0, 0.05) is 25.6 Å². The van der Waals surface area contributed by atoms with Gasteiger partial charge in [-0.2, -0.15) is 0 Å². The lowest BCUT2D eigenvalue weighted by atomic mass is 10.1. The van der Waals surface area contributed by atoms with Crippen molar-refractivity contribution >= 4 is 34.3 Å². The highest BCUT2D eigenvalue weighted by Gasteiger charge is 2.26. The molecule has 10 heteroatoms. The molecule has 0 aliphatic rings. The van der Waals surface area contributed by atoms with Crippen molar-refractivity contribution in [3.63, 3.8) is 0 Å². The van der Waals surface area contributed by atoms with Crippen LogP contribution in [0.2, 0.25) is 0 Å². The molecule has 2 aromatic heterocycles. The topological polar surface area (TPSA) is 113 Å². The smallest absolute Gasteiger partial charge is 0.356 e. The molecule has 0 aliphatic heterocycles. The van der Waals surface area contributed by atoms with Gasteiger partial charge in [-0.15, -0.1) is 0 Å². The number of amides is 1. The second-order valence-electron chi connectivity index (χ2n) is 9.08. The number of nitrogens with one attached hydrogen (secondary N) is 2. The highest BCUT2D eigenvalue weighted by atomic mass is 16.5. The highest BCUT2D eigenvalue weighted by molar-refractivity contribution is 6.11. The molecule has 0 unspecified atom stereocenters. The molecule has 0 spiro atoms. The average Bonchev–Trinajstić information content (AvgIpc) is 3.28. The number of carbonyl (C=O) groups is 2. The van der Waals surface area contributed by atoms with Gasteiger partial charge in [-0.25, -0.2) is 9.78 Å². The number of fused-ring (bicyclic) bond motifs is 1. The molecule has 0 bridgehead atoms. The first-order chi connectivity index (χ1) is 19.5. The van der Waals surface area contributed by atoms with E-state index in [1.165, 1.54) is 19.8 Å². The predicted octanol–water partition coefficient (Wildman–Crippen LogP) is 4.67. The Labute approximate surface area is 233 Å². The number of nitrogens with zero attached hydrogens (tertiary/aromatic N) is 2. The van der Waals surface area contributed by atoms with E-state index in [4.69, 9.17) is 23.9 Å². The Bertz CT molecular complexity index is 1470. The van der Waals surface area contributed by atoms with Crippen LogP contribution in [0.15, 0.2) is 60.8 Å². The standard InChI is InChI=1S/C30H34N4O6/c1-37-19-26(35)33-27-23-16-22(31-17-21-12-13-24(38-2)25(15-21)39-3)18-32-29(23)34(28(27)30(36)40-4)14-8-11-20-9-6-5-7-10-20/h5-7,9-10,12-13,15-16,18,31H,8,11,14,17,19H2,1-4H3,(H,33,35). The van der Waals surface area contributed by atoms with Crippen LogP contribution in [-0.4, -0.2) is 56.5 Å². The van der Waals surface area contributed by atoms with E-state index in [2.05, 4.69) is 22.8 Å². The molecule has 10 nitrogen and oxygen atoms in total. The molecule has 2 aromatic carbocycles. The van der Waals surface area contributed by atoms with Crippen LogP contribution in [0.3, 0.4) is 0 Å². The van der Waals surface area contributed by atoms with Gasteiger partial charge < -0.3 is 34.1 Å². The third kappa shape index (κ3) is 6.52. The summed E-state index contributed by atoms with van der Waals surface area (Å²) in [5, 5.41) is 6.82. The van der Waals surface area contributed by atoms with Crippen molar-refractivity contribution in [3.8, 4) is 11.5 Å². The van der Waals surface area contributed by atoms with Crippen LogP contribution in [0.5, 0.6) is 11.5 Å². The van der Waals surface area contributed by atoms with E-state index in [0.29, 0.717) is 47.0 Å². The molecule has 0 radical (unpaired) electrons. The molecule has 0 aliphatic carbocycles. The number of aryl methyl sites for hydroxylation is 2. The number of anilines is 2. The third-order valence-electron chi connectivity index (χ3n) is 6.45. The van der Waals surface area contributed by atoms with E-state index in [9.17, 15) is 9.59 Å². The van der Waals surface area contributed by atoms with E-state index >= 15 is 0 Å². The molecule has 0 saturated heterocycles. The van der Waals surface area contributed by atoms with Gasteiger partial charge in [0.1, 0.15) is 12.3 Å². The summed E-state index contributed by atoms with van der Waals surface area (Å²) in [5.74, 6) is 0.327. The van der Waals surface area contributed by atoms with Crippen molar-refractivity contribution in [1.29, 1.82) is 0 Å². The first-order valence-corrected chi connectivity index (χ1v) is 12.9. The minimum absolute atomic E-state index is 0.161. The second kappa shape index (κ2) is 13.5. The SMILES string of the molecule is COCC(=O)Nc1c(C(=O)OC)n(CCCc2ccccc2)c2ncc(NCc3ccc(OC)c(OC)c3)cc12. The van der Waals surface area contributed by atoms with Crippen LogP contribution in [0.25, 0.3) is 11.0 Å². The minimum Gasteiger partial charge on any atom is -0.493 e. The Morgan fingerprint density at radius 1 is 0.925 bits per heavy atom. The molecular formula is C30H34N4O6. The van der Waals surface area contributed by atoms with Crippen molar-refractivity contribution in [2.75, 3.05) is 45.7 Å². The molecule has 210 valence electrons. The number of benzene rings is 2. The van der Waals surface area contributed by atoms with Gasteiger partial charge in [0.15, 0.2) is 17.2 Å². The number of ether oxygens (including phenoxy) is 4. The van der Waals surface area contributed by atoms with Crippen molar-refractivity contribution in [1.82, 2.24) is 9.55 Å². The van der Waals surface area contributed by atoms with Gasteiger partial charge in [-0.1, -0.05) is 36.4 Å². The summed E-state index contributed by atoms with van der Waals surface area (Å²) in [5.41, 5.74) is 4.02. The quantitative estimate of drug-likeness (QED) is 0.233. The lowest BCUT2D eigenvalue weighted by molar-refractivity contribution is -0.119. The first-order valence-electron chi connectivity index (χ1n) is 12.9. The minimum atomic E-state index is -0.565. The Morgan fingerprint density at radius 3 is 2.40 bits per heavy atom. The van der Waals surface area contributed by atoms with Crippen LogP contribution < -0.4 is 20.1 Å². The van der Waals surface area contributed by atoms with Gasteiger partial charge in [0.25, 0.3) is 0 Å². The van der Waals surface area contributed by atoms with E-state index in [-0.39, 0.29) is 18.2 Å². The molecule has 2 N–H and O–H groups in total. The summed E-state index contributed by atoms with van der Waals surface area (Å²) >= 11 is 0. The van der Waals surface area contributed by atoms with Gasteiger partial charge >= 0.3 is 5.97 Å². The van der Waals surface area contributed by atoms with Gasteiger partial charge in [-0.3, -0.25) is 4.79 Å². The maximum atomic E-state index is 13.0. The molecule has 0 atom stereocenters. The number of pyridine rings is 1. The summed E-state index contributed by atoms with van der Waals surface area (Å²) in [6, 6.07) is 17.7. The molecule has 40 heavy (non-hydrogen) atoms. The summed E-state index contributed by atoms with van der Waals surface area (Å²) in [6.07, 6.45) is 3.28. The van der Waals surface area contributed by atoms with Crippen LogP contribution >= 0.6 is 0 Å². The maximum Gasteiger partial charge on any atom is 0.356 e. The van der Waals surface area contributed by atoms with Gasteiger partial charge in [0.2, 0.25) is 5.91 Å². The van der Waals surface area contributed by atoms with Crippen molar-refractivity contribution < 1.29 is 28.5 Å². The number of aromatic nitrogens is 2. The fourth-order valence-electron chi connectivity index (χ4n) is 4.56. The summed E-state index contributed by atoms with van der Waals surface area (Å²) in [6.45, 7) is 0.827. The van der Waals surface area contributed by atoms with Gasteiger partial charge in [-0.05, 0) is 42.2 Å². The van der Waals surface area contributed by atoms with Crippen LogP contribution in [0.1, 0.15) is 28.0 Å². The molecular weight excluding hydrogens is 512 g/mol. The Kier molecular flexibility index (Phi) is 9.58. The Balaban J connectivity index is 1.68. The second-order valence-corrected chi connectivity index (χ2v) is 9.08. The predicted molar refractivity (Wildman–Crippen MR) is 153 cm³/mol. The molecule has 1 amide bonds. The molecule has 4 aromatic rings.